The molecular weight excluding hydrogens is 318 g/mol. The van der Waals surface area contributed by atoms with E-state index in [-0.39, 0.29) is 0 Å². The van der Waals surface area contributed by atoms with Crippen LogP contribution in [-0.4, -0.2) is 12.7 Å². The first-order valence-electron chi connectivity index (χ1n) is 6.74. The summed E-state index contributed by atoms with van der Waals surface area (Å²) in [5.41, 5.74) is 1.63. The molecule has 0 radical (unpaired) electrons. The van der Waals surface area contributed by atoms with E-state index in [4.69, 9.17) is 4.74 Å². The summed E-state index contributed by atoms with van der Waals surface area (Å²) in [6.45, 7) is 6.24. The van der Waals surface area contributed by atoms with Crippen LogP contribution in [-0.2, 0) is 10.3 Å². The zero-order valence-corrected chi connectivity index (χ0v) is 13.2. The number of ether oxygens (including phenoxy) is 1. The third-order valence-corrected chi connectivity index (χ3v) is 4.25. The van der Waals surface area contributed by atoms with E-state index < -0.39 is 5.54 Å². The molecule has 0 aromatic heterocycles. The summed E-state index contributed by atoms with van der Waals surface area (Å²) >= 11 is 3.52. The Kier molecular flexibility index (Phi) is 4.79. The second-order valence-corrected chi connectivity index (χ2v) is 6.19. The summed E-state index contributed by atoms with van der Waals surface area (Å²) in [4.78, 5) is 14.8. The van der Waals surface area contributed by atoms with Crippen molar-refractivity contribution < 1.29 is 9.53 Å². The number of hydrogen-bond acceptors (Lipinski definition) is 3. The van der Waals surface area contributed by atoms with E-state index >= 15 is 0 Å². The van der Waals surface area contributed by atoms with Crippen LogP contribution in [0.1, 0.15) is 38.2 Å². The smallest absolute Gasteiger partial charge is 0.235 e. The fourth-order valence-corrected chi connectivity index (χ4v) is 3.11. The van der Waals surface area contributed by atoms with Crippen molar-refractivity contribution in [1.82, 2.24) is 0 Å². The molecule has 0 spiro atoms. The minimum absolute atomic E-state index is 0.392. The van der Waals surface area contributed by atoms with Gasteiger partial charge in [0.25, 0.3) is 0 Å². The lowest BCUT2D eigenvalue weighted by Gasteiger charge is -2.23. The molecule has 1 aliphatic carbocycles. The zero-order chi connectivity index (χ0) is 14.6. The Labute approximate surface area is 127 Å². The average Bonchev–Trinajstić information content (AvgIpc) is 2.87. The number of aliphatic imine (C=N–C) groups is 1. The van der Waals surface area contributed by atoms with Gasteiger partial charge in [-0.3, -0.25) is 0 Å². The van der Waals surface area contributed by atoms with E-state index in [0.717, 1.165) is 47.0 Å². The molecule has 1 fully saturated rings. The lowest BCUT2D eigenvalue weighted by molar-refractivity contribution is 0.350. The molecule has 106 valence electrons. The molecule has 0 unspecified atom stereocenters. The van der Waals surface area contributed by atoms with E-state index in [1.807, 2.05) is 25.1 Å². The van der Waals surface area contributed by atoms with Crippen molar-refractivity contribution in [2.24, 2.45) is 4.99 Å². The molecule has 1 aromatic carbocycles. The van der Waals surface area contributed by atoms with E-state index in [1.54, 1.807) is 6.08 Å². The van der Waals surface area contributed by atoms with Gasteiger partial charge in [-0.15, -0.1) is 0 Å². The third-order valence-electron chi connectivity index (χ3n) is 3.63. The van der Waals surface area contributed by atoms with Crippen LogP contribution < -0.4 is 4.74 Å². The molecule has 0 atom stereocenters. The second kappa shape index (κ2) is 6.38. The van der Waals surface area contributed by atoms with E-state index in [1.165, 1.54) is 0 Å². The number of rotatable bonds is 5. The molecule has 1 aromatic rings. The van der Waals surface area contributed by atoms with Gasteiger partial charge in [-0.05, 0) is 59.0 Å². The third kappa shape index (κ3) is 3.20. The second-order valence-electron chi connectivity index (χ2n) is 5.33. The van der Waals surface area contributed by atoms with Crippen LogP contribution in [0.5, 0.6) is 5.75 Å². The molecule has 4 heteroatoms. The summed E-state index contributed by atoms with van der Waals surface area (Å²) in [6.07, 6.45) is 5.73. The van der Waals surface area contributed by atoms with Gasteiger partial charge in [0.05, 0.1) is 10.0 Å². The molecular formula is C16H18BrNO2. The molecule has 0 amide bonds. The van der Waals surface area contributed by atoms with Gasteiger partial charge < -0.3 is 4.74 Å². The number of halogens is 1. The van der Waals surface area contributed by atoms with Crippen LogP contribution in [0.2, 0.25) is 0 Å². The van der Waals surface area contributed by atoms with Crippen LogP contribution in [0.3, 0.4) is 0 Å². The van der Waals surface area contributed by atoms with Gasteiger partial charge in [0, 0.05) is 0 Å². The Morgan fingerprint density at radius 3 is 2.75 bits per heavy atom. The molecule has 0 bridgehead atoms. The van der Waals surface area contributed by atoms with Crippen molar-refractivity contribution in [3.05, 3.63) is 40.4 Å². The van der Waals surface area contributed by atoms with Crippen LogP contribution in [0.15, 0.2) is 39.8 Å². The lowest BCUT2D eigenvalue weighted by Crippen LogP contribution is -2.18. The van der Waals surface area contributed by atoms with Crippen LogP contribution in [0.4, 0.5) is 0 Å². The average molecular weight is 336 g/mol. The highest BCUT2D eigenvalue weighted by atomic mass is 79.9. The summed E-state index contributed by atoms with van der Waals surface area (Å²) in [5.74, 6) is 0.778. The largest absolute Gasteiger partial charge is 0.488 e. The highest BCUT2D eigenvalue weighted by Gasteiger charge is 2.35. The Balaban J connectivity index is 2.27. The summed E-state index contributed by atoms with van der Waals surface area (Å²) in [5, 5.41) is 0. The van der Waals surface area contributed by atoms with Gasteiger partial charge in [0.1, 0.15) is 12.4 Å². The van der Waals surface area contributed by atoms with Gasteiger partial charge in [-0.1, -0.05) is 25.5 Å². The predicted octanol–water partition coefficient (Wildman–Crippen LogP) is 4.51. The molecule has 0 saturated heterocycles. The number of isocyanates is 1. The quantitative estimate of drug-likeness (QED) is 0.451. The Hall–Kier alpha value is -1.38. The summed E-state index contributed by atoms with van der Waals surface area (Å²) in [7, 11) is 0. The maximum Gasteiger partial charge on any atom is 0.235 e. The highest BCUT2D eigenvalue weighted by Crippen LogP contribution is 2.43. The normalized spacial score (nSPS) is 16.5. The molecule has 20 heavy (non-hydrogen) atoms. The number of carbonyl (C=O) groups excluding carboxylic acids is 1. The molecule has 2 rings (SSSR count). The molecule has 3 nitrogen and oxygen atoms in total. The van der Waals surface area contributed by atoms with Crippen molar-refractivity contribution in [1.29, 1.82) is 0 Å². The van der Waals surface area contributed by atoms with Gasteiger partial charge in [-0.2, -0.15) is 4.99 Å². The Morgan fingerprint density at radius 1 is 1.50 bits per heavy atom. The molecule has 0 heterocycles. The summed E-state index contributed by atoms with van der Waals surface area (Å²) < 4.78 is 6.53. The number of nitrogens with zero attached hydrogens (tertiary/aromatic N) is 1. The fourth-order valence-electron chi connectivity index (χ4n) is 2.62. The van der Waals surface area contributed by atoms with E-state index in [0.29, 0.717) is 6.61 Å². The van der Waals surface area contributed by atoms with E-state index in [2.05, 4.69) is 27.5 Å². The SMILES string of the molecule is C=C(C)COc1ccc(C2(N=C=O)CCCC2)cc1Br. The Bertz CT molecular complexity index is 556. The van der Waals surface area contributed by atoms with Crippen LogP contribution in [0.25, 0.3) is 0 Å². The first-order valence-corrected chi connectivity index (χ1v) is 7.53. The van der Waals surface area contributed by atoms with Gasteiger partial charge in [-0.25, -0.2) is 4.79 Å². The topological polar surface area (TPSA) is 38.7 Å². The van der Waals surface area contributed by atoms with Crippen molar-refractivity contribution in [3.8, 4) is 5.75 Å². The number of hydrogen-bond donors (Lipinski definition) is 0. The van der Waals surface area contributed by atoms with Crippen LogP contribution in [0, 0.1) is 0 Å². The standard InChI is InChI=1S/C16H18BrNO2/c1-12(2)10-20-15-6-5-13(9-14(15)17)16(18-11-19)7-3-4-8-16/h5-6,9H,1,3-4,7-8,10H2,2H3. The van der Waals surface area contributed by atoms with Crippen molar-refractivity contribution in [2.45, 2.75) is 38.1 Å². The first-order chi connectivity index (χ1) is 9.57. The van der Waals surface area contributed by atoms with Crippen LogP contribution >= 0.6 is 15.9 Å². The molecule has 0 aliphatic heterocycles. The minimum Gasteiger partial charge on any atom is -0.488 e. The fraction of sp³-hybridized carbons (Fsp3) is 0.438. The Morgan fingerprint density at radius 2 is 2.20 bits per heavy atom. The van der Waals surface area contributed by atoms with Gasteiger partial charge in [0.2, 0.25) is 6.08 Å². The summed E-state index contributed by atoms with van der Waals surface area (Å²) in [6, 6.07) is 5.91. The minimum atomic E-state index is -0.392. The highest BCUT2D eigenvalue weighted by molar-refractivity contribution is 9.10. The van der Waals surface area contributed by atoms with Crippen molar-refractivity contribution in [3.63, 3.8) is 0 Å². The van der Waals surface area contributed by atoms with Crippen molar-refractivity contribution >= 4 is 22.0 Å². The monoisotopic (exact) mass is 335 g/mol. The van der Waals surface area contributed by atoms with E-state index in [9.17, 15) is 4.79 Å². The number of benzene rings is 1. The molecule has 1 aliphatic rings. The molecule has 0 N–H and O–H groups in total. The van der Waals surface area contributed by atoms with Crippen molar-refractivity contribution in [2.75, 3.05) is 6.61 Å². The van der Waals surface area contributed by atoms with Gasteiger partial charge >= 0.3 is 0 Å². The first kappa shape index (κ1) is 15.0. The molecule has 1 saturated carbocycles. The predicted molar refractivity (Wildman–Crippen MR) is 82.7 cm³/mol. The zero-order valence-electron chi connectivity index (χ0n) is 11.6. The maximum atomic E-state index is 10.7. The lowest BCUT2D eigenvalue weighted by atomic mass is 9.89. The maximum absolute atomic E-state index is 10.7. The van der Waals surface area contributed by atoms with Gasteiger partial charge in [0.15, 0.2) is 0 Å².